The monoisotopic (exact) mass is 273 g/mol. The van der Waals surface area contributed by atoms with Gasteiger partial charge in [0.2, 0.25) is 5.95 Å². The first kappa shape index (κ1) is 14.1. The fraction of sp³-hybridized carbons (Fsp3) is 0.538. The molecule has 0 saturated heterocycles. The van der Waals surface area contributed by atoms with Gasteiger partial charge in [0.1, 0.15) is 5.52 Å². The zero-order valence-electron chi connectivity index (χ0n) is 12.0. The molecule has 0 aliphatic heterocycles. The van der Waals surface area contributed by atoms with Crippen LogP contribution in [0.3, 0.4) is 0 Å². The molecule has 106 valence electrons. The lowest BCUT2D eigenvalue weighted by Gasteiger charge is -2.20. The summed E-state index contributed by atoms with van der Waals surface area (Å²) in [5.41, 5.74) is 1.42. The number of hydrogen-bond acceptors (Lipinski definition) is 6. The normalized spacial score (nSPS) is 12.1. The van der Waals surface area contributed by atoms with Crippen LogP contribution in [-0.4, -0.2) is 40.1 Å². The fourth-order valence-corrected chi connectivity index (χ4v) is 1.95. The molecule has 0 bridgehead atoms. The van der Waals surface area contributed by atoms with Crippen LogP contribution in [0.25, 0.3) is 11.2 Å². The van der Waals surface area contributed by atoms with Crippen molar-refractivity contribution in [3.8, 4) is 6.07 Å². The van der Waals surface area contributed by atoms with Crippen LogP contribution < -0.4 is 10.2 Å². The zero-order valence-corrected chi connectivity index (χ0v) is 12.0. The largest absolute Gasteiger partial charge is 0.356 e. The highest BCUT2D eigenvalue weighted by molar-refractivity contribution is 5.84. The first-order valence-electron chi connectivity index (χ1n) is 6.71. The molecule has 7 heteroatoms. The summed E-state index contributed by atoms with van der Waals surface area (Å²) in [7, 11) is 1.92. The second kappa shape index (κ2) is 6.19. The van der Waals surface area contributed by atoms with E-state index >= 15 is 0 Å². The van der Waals surface area contributed by atoms with E-state index in [2.05, 4.69) is 38.2 Å². The molecule has 0 aromatic carbocycles. The van der Waals surface area contributed by atoms with Crippen LogP contribution in [0.2, 0.25) is 0 Å². The molecule has 0 saturated carbocycles. The molecular formula is C13H19N7. The first-order valence-corrected chi connectivity index (χ1v) is 6.71. The molecule has 1 atom stereocenters. The number of hydrogen-bond donors (Lipinski definition) is 2. The van der Waals surface area contributed by atoms with E-state index in [4.69, 9.17) is 5.26 Å². The SMILES string of the molecule is CCCNc1nc(N(C)CC(C)C#N)c2[nH]cnc2n1. The van der Waals surface area contributed by atoms with Crippen molar-refractivity contribution in [3.05, 3.63) is 6.33 Å². The number of aromatic amines is 1. The third kappa shape index (κ3) is 2.96. The molecule has 7 nitrogen and oxygen atoms in total. The van der Waals surface area contributed by atoms with Gasteiger partial charge in [0, 0.05) is 20.1 Å². The average molecular weight is 273 g/mol. The molecule has 0 radical (unpaired) electrons. The average Bonchev–Trinajstić information content (AvgIpc) is 2.92. The maximum atomic E-state index is 8.93. The van der Waals surface area contributed by atoms with Crippen LogP contribution in [0.5, 0.6) is 0 Å². The first-order chi connectivity index (χ1) is 9.65. The summed E-state index contributed by atoms with van der Waals surface area (Å²) in [6.07, 6.45) is 2.60. The second-order valence-electron chi connectivity index (χ2n) is 4.81. The number of anilines is 2. The van der Waals surface area contributed by atoms with Gasteiger partial charge in [0.25, 0.3) is 0 Å². The molecule has 2 rings (SSSR count). The van der Waals surface area contributed by atoms with E-state index in [-0.39, 0.29) is 5.92 Å². The number of nitrogens with one attached hydrogen (secondary N) is 2. The number of nitriles is 1. The maximum absolute atomic E-state index is 8.93. The molecular weight excluding hydrogens is 254 g/mol. The van der Waals surface area contributed by atoms with Crippen molar-refractivity contribution >= 4 is 22.9 Å². The molecule has 0 aliphatic rings. The molecule has 0 fully saturated rings. The topological polar surface area (TPSA) is 93.5 Å². The number of imidazole rings is 1. The number of aromatic nitrogens is 4. The van der Waals surface area contributed by atoms with Gasteiger partial charge in [-0.05, 0) is 13.3 Å². The van der Waals surface area contributed by atoms with Crippen molar-refractivity contribution in [3.63, 3.8) is 0 Å². The lowest BCUT2D eigenvalue weighted by atomic mass is 10.2. The van der Waals surface area contributed by atoms with Crippen molar-refractivity contribution < 1.29 is 0 Å². The summed E-state index contributed by atoms with van der Waals surface area (Å²) in [4.78, 5) is 18.1. The number of rotatable bonds is 6. The smallest absolute Gasteiger partial charge is 0.226 e. The highest BCUT2D eigenvalue weighted by Crippen LogP contribution is 2.22. The van der Waals surface area contributed by atoms with Crippen molar-refractivity contribution in [2.45, 2.75) is 20.3 Å². The standard InChI is InChI=1S/C13H19N7/c1-4-5-15-13-18-11-10(16-8-17-11)12(19-13)20(3)7-9(2)6-14/h8-9H,4-5,7H2,1-3H3,(H2,15,16,17,18,19). The van der Waals surface area contributed by atoms with Crippen LogP contribution in [0.15, 0.2) is 6.33 Å². The Morgan fingerprint density at radius 3 is 3.00 bits per heavy atom. The summed E-state index contributed by atoms with van der Waals surface area (Å²) in [6, 6.07) is 2.23. The summed E-state index contributed by atoms with van der Waals surface area (Å²) >= 11 is 0. The highest BCUT2D eigenvalue weighted by atomic mass is 15.2. The van der Waals surface area contributed by atoms with Crippen molar-refractivity contribution in [1.29, 1.82) is 5.26 Å². The molecule has 2 aromatic heterocycles. The van der Waals surface area contributed by atoms with Gasteiger partial charge in [-0.2, -0.15) is 15.2 Å². The van der Waals surface area contributed by atoms with Gasteiger partial charge in [0.05, 0.1) is 18.3 Å². The molecule has 20 heavy (non-hydrogen) atoms. The Morgan fingerprint density at radius 1 is 1.50 bits per heavy atom. The van der Waals surface area contributed by atoms with E-state index in [1.165, 1.54) is 0 Å². The molecule has 2 N–H and O–H groups in total. The maximum Gasteiger partial charge on any atom is 0.226 e. The van der Waals surface area contributed by atoms with Crippen molar-refractivity contribution in [1.82, 2.24) is 19.9 Å². The minimum atomic E-state index is -0.0695. The van der Waals surface area contributed by atoms with Gasteiger partial charge in [0.15, 0.2) is 11.5 Å². The van der Waals surface area contributed by atoms with Crippen LogP contribution in [0.4, 0.5) is 11.8 Å². The molecule has 2 aromatic rings. The summed E-state index contributed by atoms with van der Waals surface area (Å²) < 4.78 is 0. The Labute approximate surface area is 118 Å². The predicted octanol–water partition coefficient (Wildman–Crippen LogP) is 1.77. The van der Waals surface area contributed by atoms with Gasteiger partial charge >= 0.3 is 0 Å². The quantitative estimate of drug-likeness (QED) is 0.833. The number of nitrogens with zero attached hydrogens (tertiary/aromatic N) is 5. The Kier molecular flexibility index (Phi) is 4.35. The number of H-pyrrole nitrogens is 1. The Hall–Kier alpha value is -2.36. The van der Waals surface area contributed by atoms with Crippen LogP contribution in [0.1, 0.15) is 20.3 Å². The van der Waals surface area contributed by atoms with Gasteiger partial charge in [-0.15, -0.1) is 0 Å². The Morgan fingerprint density at radius 2 is 2.30 bits per heavy atom. The minimum absolute atomic E-state index is 0.0695. The number of fused-ring (bicyclic) bond motifs is 1. The molecule has 0 aliphatic carbocycles. The summed E-state index contributed by atoms with van der Waals surface area (Å²) in [5, 5.41) is 12.1. The van der Waals surface area contributed by atoms with E-state index in [0.717, 1.165) is 24.3 Å². The van der Waals surface area contributed by atoms with Crippen LogP contribution >= 0.6 is 0 Å². The zero-order chi connectivity index (χ0) is 14.5. The predicted molar refractivity (Wildman–Crippen MR) is 78.5 cm³/mol. The van der Waals surface area contributed by atoms with Gasteiger partial charge in [-0.1, -0.05) is 6.92 Å². The van der Waals surface area contributed by atoms with E-state index < -0.39 is 0 Å². The van der Waals surface area contributed by atoms with E-state index in [1.54, 1.807) is 6.33 Å². The third-order valence-corrected chi connectivity index (χ3v) is 2.93. The second-order valence-corrected chi connectivity index (χ2v) is 4.81. The van der Waals surface area contributed by atoms with Gasteiger partial charge < -0.3 is 15.2 Å². The Balaban J connectivity index is 2.34. The molecule has 0 spiro atoms. The van der Waals surface area contributed by atoms with E-state index in [9.17, 15) is 0 Å². The lowest BCUT2D eigenvalue weighted by molar-refractivity contribution is 0.711. The third-order valence-electron chi connectivity index (χ3n) is 2.93. The van der Waals surface area contributed by atoms with E-state index in [1.807, 2.05) is 18.9 Å². The van der Waals surface area contributed by atoms with Crippen molar-refractivity contribution in [2.75, 3.05) is 30.4 Å². The fourth-order valence-electron chi connectivity index (χ4n) is 1.95. The van der Waals surface area contributed by atoms with Gasteiger partial charge in [-0.3, -0.25) is 0 Å². The lowest BCUT2D eigenvalue weighted by Crippen LogP contribution is -2.25. The van der Waals surface area contributed by atoms with Crippen LogP contribution in [-0.2, 0) is 0 Å². The molecule has 2 heterocycles. The Bertz CT molecular complexity index is 613. The van der Waals surface area contributed by atoms with Crippen LogP contribution in [0, 0.1) is 17.2 Å². The highest BCUT2D eigenvalue weighted by Gasteiger charge is 2.15. The molecule has 1 unspecified atom stereocenters. The summed E-state index contributed by atoms with van der Waals surface area (Å²) in [5.74, 6) is 1.26. The minimum Gasteiger partial charge on any atom is -0.356 e. The van der Waals surface area contributed by atoms with Gasteiger partial charge in [-0.25, -0.2) is 4.98 Å². The summed E-state index contributed by atoms with van der Waals surface area (Å²) in [6.45, 7) is 5.39. The molecule has 0 amide bonds. The van der Waals surface area contributed by atoms with E-state index in [0.29, 0.717) is 18.1 Å². The van der Waals surface area contributed by atoms with Crippen molar-refractivity contribution in [2.24, 2.45) is 5.92 Å².